The van der Waals surface area contributed by atoms with Crippen LogP contribution >= 0.6 is 15.9 Å². The molecule has 0 bridgehead atoms. The lowest BCUT2D eigenvalue weighted by Crippen LogP contribution is -2.35. The molecular formula is C12H17BrN4O. The first-order valence-electron chi connectivity index (χ1n) is 6.19. The number of carbonyl (C=O) groups is 1. The van der Waals surface area contributed by atoms with E-state index >= 15 is 0 Å². The van der Waals surface area contributed by atoms with Crippen molar-refractivity contribution < 1.29 is 4.79 Å². The maximum Gasteiger partial charge on any atom is 0.229 e. The lowest BCUT2D eigenvalue weighted by Gasteiger charge is -2.29. The number of hydrogen-bond acceptors (Lipinski definition) is 4. The zero-order chi connectivity index (χ0) is 13.0. The maximum atomic E-state index is 12.2. The van der Waals surface area contributed by atoms with Crippen LogP contribution in [-0.4, -0.2) is 22.4 Å². The summed E-state index contributed by atoms with van der Waals surface area (Å²) in [5.41, 5.74) is 5.73. The van der Waals surface area contributed by atoms with E-state index in [1.807, 2.05) is 0 Å². The fourth-order valence-corrected chi connectivity index (χ4v) is 2.64. The van der Waals surface area contributed by atoms with Gasteiger partial charge in [-0.2, -0.15) is 0 Å². The van der Waals surface area contributed by atoms with Gasteiger partial charge in [-0.1, -0.05) is 12.8 Å². The van der Waals surface area contributed by atoms with Crippen molar-refractivity contribution in [1.29, 1.82) is 0 Å². The normalized spacial score (nSPS) is 23.7. The molecule has 0 aromatic carbocycles. The van der Waals surface area contributed by atoms with Gasteiger partial charge in [0.1, 0.15) is 4.60 Å². The van der Waals surface area contributed by atoms with E-state index in [1.165, 1.54) is 6.42 Å². The van der Waals surface area contributed by atoms with Crippen LogP contribution in [0.2, 0.25) is 0 Å². The Balaban J connectivity index is 2.00. The second-order valence-electron chi connectivity index (χ2n) is 4.60. The van der Waals surface area contributed by atoms with Gasteiger partial charge >= 0.3 is 0 Å². The van der Waals surface area contributed by atoms with Crippen molar-refractivity contribution in [2.24, 2.45) is 17.6 Å². The molecule has 0 aliphatic heterocycles. The first-order valence-corrected chi connectivity index (χ1v) is 6.98. The predicted octanol–water partition coefficient (Wildman–Crippen LogP) is 1.94. The van der Waals surface area contributed by atoms with Crippen LogP contribution in [0, 0.1) is 11.8 Å². The highest BCUT2D eigenvalue weighted by atomic mass is 79.9. The molecule has 3 N–H and O–H groups in total. The van der Waals surface area contributed by atoms with Crippen molar-refractivity contribution >= 4 is 27.7 Å². The van der Waals surface area contributed by atoms with Crippen LogP contribution in [0.4, 0.5) is 5.82 Å². The van der Waals surface area contributed by atoms with E-state index < -0.39 is 0 Å². The minimum Gasteiger partial charge on any atom is -0.330 e. The van der Waals surface area contributed by atoms with Crippen LogP contribution < -0.4 is 11.1 Å². The Labute approximate surface area is 115 Å². The summed E-state index contributed by atoms with van der Waals surface area (Å²) >= 11 is 3.21. The van der Waals surface area contributed by atoms with Crippen LogP contribution in [-0.2, 0) is 4.79 Å². The van der Waals surface area contributed by atoms with Gasteiger partial charge in [-0.3, -0.25) is 4.79 Å². The number of rotatable bonds is 3. The highest BCUT2D eigenvalue weighted by molar-refractivity contribution is 9.10. The number of hydrogen-bond donors (Lipinski definition) is 2. The van der Waals surface area contributed by atoms with E-state index in [2.05, 4.69) is 31.2 Å². The monoisotopic (exact) mass is 312 g/mol. The van der Waals surface area contributed by atoms with Gasteiger partial charge in [-0.05, 0) is 41.2 Å². The summed E-state index contributed by atoms with van der Waals surface area (Å²) < 4.78 is 0.651. The lowest BCUT2D eigenvalue weighted by molar-refractivity contribution is -0.122. The van der Waals surface area contributed by atoms with E-state index in [0.717, 1.165) is 19.3 Å². The molecule has 1 aromatic heterocycles. The largest absolute Gasteiger partial charge is 0.330 e. The molecule has 6 heteroatoms. The van der Waals surface area contributed by atoms with Gasteiger partial charge in [0.2, 0.25) is 5.91 Å². The minimum atomic E-state index is 0.00852. The molecule has 98 valence electrons. The Hall–Kier alpha value is -1.01. The summed E-state index contributed by atoms with van der Waals surface area (Å²) in [4.78, 5) is 20.3. The van der Waals surface area contributed by atoms with Gasteiger partial charge in [-0.25, -0.2) is 9.97 Å². The van der Waals surface area contributed by atoms with Crippen molar-refractivity contribution in [3.63, 3.8) is 0 Å². The molecule has 5 nitrogen and oxygen atoms in total. The van der Waals surface area contributed by atoms with E-state index in [1.54, 1.807) is 12.4 Å². The van der Waals surface area contributed by atoms with Gasteiger partial charge in [0.15, 0.2) is 5.82 Å². The summed E-state index contributed by atoms with van der Waals surface area (Å²) in [6.45, 7) is 0.574. The molecule has 1 aliphatic carbocycles. The van der Waals surface area contributed by atoms with Crippen LogP contribution in [0.3, 0.4) is 0 Å². The second-order valence-corrected chi connectivity index (χ2v) is 5.41. The first kappa shape index (κ1) is 13.4. The van der Waals surface area contributed by atoms with E-state index in [-0.39, 0.29) is 11.8 Å². The third kappa shape index (κ3) is 3.26. The maximum absolute atomic E-state index is 12.2. The molecule has 2 rings (SSSR count). The number of anilines is 1. The van der Waals surface area contributed by atoms with Crippen molar-refractivity contribution in [3.05, 3.63) is 17.0 Å². The molecule has 2 atom stereocenters. The van der Waals surface area contributed by atoms with Gasteiger partial charge < -0.3 is 11.1 Å². The van der Waals surface area contributed by atoms with Gasteiger partial charge in [0.05, 0.1) is 12.4 Å². The fraction of sp³-hybridized carbons (Fsp3) is 0.583. The average molecular weight is 313 g/mol. The van der Waals surface area contributed by atoms with Crippen LogP contribution in [0.25, 0.3) is 0 Å². The molecule has 1 aliphatic rings. The second kappa shape index (κ2) is 6.24. The van der Waals surface area contributed by atoms with Gasteiger partial charge in [0, 0.05) is 5.92 Å². The fourth-order valence-electron chi connectivity index (χ4n) is 2.43. The number of nitrogens with one attached hydrogen (secondary N) is 1. The minimum absolute atomic E-state index is 0.00852. The first-order chi connectivity index (χ1) is 8.70. The number of amides is 1. The molecule has 1 amide bonds. The molecule has 1 fully saturated rings. The number of nitrogens with zero attached hydrogens (tertiary/aromatic N) is 2. The van der Waals surface area contributed by atoms with Crippen molar-refractivity contribution in [1.82, 2.24) is 9.97 Å². The highest BCUT2D eigenvalue weighted by Gasteiger charge is 2.30. The predicted molar refractivity (Wildman–Crippen MR) is 72.9 cm³/mol. The molecule has 18 heavy (non-hydrogen) atoms. The topological polar surface area (TPSA) is 80.9 Å². The van der Waals surface area contributed by atoms with E-state index in [9.17, 15) is 4.79 Å². The van der Waals surface area contributed by atoms with Crippen molar-refractivity contribution in [2.45, 2.75) is 25.7 Å². The van der Waals surface area contributed by atoms with E-state index in [0.29, 0.717) is 22.9 Å². The SMILES string of the molecule is NCC1CCCCC1C(=O)Nc1cnc(Br)cn1. The quantitative estimate of drug-likeness (QED) is 0.893. The standard InChI is InChI=1S/C12H17BrN4O/c13-10-6-16-11(7-15-10)17-12(18)9-4-2-1-3-8(9)5-14/h6-9H,1-5,14H2,(H,16,17,18). The van der Waals surface area contributed by atoms with Gasteiger partial charge in [0.25, 0.3) is 0 Å². The molecule has 2 unspecified atom stereocenters. The molecule has 0 spiro atoms. The number of nitrogens with two attached hydrogens (primary N) is 1. The highest BCUT2D eigenvalue weighted by Crippen LogP contribution is 2.30. The number of carbonyl (C=O) groups excluding carboxylic acids is 1. The average Bonchev–Trinajstić information content (AvgIpc) is 2.41. The molecule has 0 saturated heterocycles. The third-order valence-electron chi connectivity index (χ3n) is 3.42. The summed E-state index contributed by atoms with van der Waals surface area (Å²) in [5.74, 6) is 0.808. The van der Waals surface area contributed by atoms with Gasteiger partial charge in [-0.15, -0.1) is 0 Å². The zero-order valence-corrected chi connectivity index (χ0v) is 11.7. The molecule has 0 radical (unpaired) electrons. The number of halogens is 1. The Morgan fingerprint density at radius 2 is 2.17 bits per heavy atom. The van der Waals surface area contributed by atoms with Crippen LogP contribution in [0.1, 0.15) is 25.7 Å². The smallest absolute Gasteiger partial charge is 0.229 e. The summed E-state index contributed by atoms with van der Waals surface area (Å²) in [6.07, 6.45) is 7.34. The summed E-state index contributed by atoms with van der Waals surface area (Å²) in [5, 5.41) is 2.81. The van der Waals surface area contributed by atoms with Crippen molar-refractivity contribution in [2.75, 3.05) is 11.9 Å². The Morgan fingerprint density at radius 3 is 2.83 bits per heavy atom. The Morgan fingerprint density at radius 1 is 1.39 bits per heavy atom. The zero-order valence-electron chi connectivity index (χ0n) is 10.1. The molecule has 1 heterocycles. The number of aromatic nitrogens is 2. The lowest BCUT2D eigenvalue weighted by atomic mass is 9.79. The summed E-state index contributed by atoms with van der Waals surface area (Å²) in [7, 11) is 0. The molecule has 1 aromatic rings. The van der Waals surface area contributed by atoms with Crippen LogP contribution in [0.5, 0.6) is 0 Å². The van der Waals surface area contributed by atoms with Crippen LogP contribution in [0.15, 0.2) is 17.0 Å². The molecule has 1 saturated carbocycles. The van der Waals surface area contributed by atoms with E-state index in [4.69, 9.17) is 5.73 Å². The third-order valence-corrected chi connectivity index (χ3v) is 3.83. The Bertz CT molecular complexity index is 409. The summed E-state index contributed by atoms with van der Waals surface area (Å²) in [6, 6.07) is 0. The van der Waals surface area contributed by atoms with Crippen molar-refractivity contribution in [3.8, 4) is 0 Å². The molecular weight excluding hydrogens is 296 g/mol. The Kier molecular flexibility index (Phi) is 4.66.